The third kappa shape index (κ3) is 5.81. The molecule has 4 heteroatoms. The molecule has 0 amide bonds. The minimum atomic E-state index is 0.664. The number of hydrogen-bond donors (Lipinski definition) is 1. The van der Waals surface area contributed by atoms with Crippen molar-refractivity contribution in [1.29, 1.82) is 0 Å². The first-order valence-corrected chi connectivity index (χ1v) is 8.10. The lowest BCUT2D eigenvalue weighted by molar-refractivity contribution is 0.199. The quantitative estimate of drug-likeness (QED) is 0.693. The Hall–Kier alpha value is -0.580. The van der Waals surface area contributed by atoms with Crippen molar-refractivity contribution in [2.24, 2.45) is 5.92 Å². The van der Waals surface area contributed by atoms with Gasteiger partial charge in [-0.05, 0) is 46.5 Å². The molecule has 0 atom stereocenters. The number of benzene rings is 1. The highest BCUT2D eigenvalue weighted by Gasteiger charge is 2.10. The van der Waals surface area contributed by atoms with E-state index in [2.05, 4.69) is 65.1 Å². The first kappa shape index (κ1) is 17.5. The van der Waals surface area contributed by atoms with Gasteiger partial charge in [-0.1, -0.05) is 19.9 Å². The monoisotopic (exact) mass is 342 g/mol. The second-order valence-electron chi connectivity index (χ2n) is 5.39. The number of nitrogens with zero attached hydrogens (tertiary/aromatic N) is 1. The molecular weight excluding hydrogens is 316 g/mol. The number of methoxy groups -OCH3 is 1. The lowest BCUT2D eigenvalue weighted by Crippen LogP contribution is -2.27. The van der Waals surface area contributed by atoms with E-state index < -0.39 is 0 Å². The van der Waals surface area contributed by atoms with E-state index in [9.17, 15) is 0 Å². The molecular formula is C16H27BrN2O. The summed E-state index contributed by atoms with van der Waals surface area (Å²) in [4.78, 5) is 2.41. The maximum absolute atomic E-state index is 5.03. The summed E-state index contributed by atoms with van der Waals surface area (Å²) in [5.41, 5.74) is 2.57. The third-order valence-electron chi connectivity index (χ3n) is 3.13. The van der Waals surface area contributed by atoms with Crippen LogP contribution in [0.25, 0.3) is 0 Å². The summed E-state index contributed by atoms with van der Waals surface area (Å²) in [5.74, 6) is 0.664. The average Bonchev–Trinajstić information content (AvgIpc) is 2.41. The SMILES string of the molecule is CCN(CC(C)C)c1ccc(CNCCOC)cc1Br. The van der Waals surface area contributed by atoms with E-state index in [4.69, 9.17) is 4.74 Å². The average molecular weight is 343 g/mol. The van der Waals surface area contributed by atoms with Gasteiger partial charge in [0.1, 0.15) is 0 Å². The molecule has 0 fully saturated rings. The van der Waals surface area contributed by atoms with Crippen LogP contribution in [0.3, 0.4) is 0 Å². The predicted molar refractivity (Wildman–Crippen MR) is 90.4 cm³/mol. The van der Waals surface area contributed by atoms with E-state index in [-0.39, 0.29) is 0 Å². The smallest absolute Gasteiger partial charge is 0.0587 e. The van der Waals surface area contributed by atoms with Crippen LogP contribution in [0.4, 0.5) is 5.69 Å². The van der Waals surface area contributed by atoms with Crippen LogP contribution >= 0.6 is 15.9 Å². The molecule has 0 heterocycles. The molecule has 0 radical (unpaired) electrons. The minimum Gasteiger partial charge on any atom is -0.383 e. The van der Waals surface area contributed by atoms with Gasteiger partial charge in [0, 0.05) is 37.8 Å². The molecule has 114 valence electrons. The van der Waals surface area contributed by atoms with E-state index in [1.165, 1.54) is 15.7 Å². The predicted octanol–water partition coefficient (Wildman–Crippen LogP) is 3.67. The fourth-order valence-electron chi connectivity index (χ4n) is 2.16. The lowest BCUT2D eigenvalue weighted by atomic mass is 10.1. The molecule has 0 aliphatic heterocycles. The van der Waals surface area contributed by atoms with E-state index in [0.29, 0.717) is 5.92 Å². The largest absolute Gasteiger partial charge is 0.383 e. The lowest BCUT2D eigenvalue weighted by Gasteiger charge is -2.26. The molecule has 0 aliphatic carbocycles. The number of ether oxygens (including phenoxy) is 1. The maximum Gasteiger partial charge on any atom is 0.0587 e. The molecule has 0 aliphatic rings. The normalized spacial score (nSPS) is 11.1. The van der Waals surface area contributed by atoms with Gasteiger partial charge in [0.25, 0.3) is 0 Å². The van der Waals surface area contributed by atoms with Crippen LogP contribution in [0.1, 0.15) is 26.3 Å². The Morgan fingerprint density at radius 3 is 2.65 bits per heavy atom. The van der Waals surface area contributed by atoms with Crippen LogP contribution in [-0.4, -0.2) is 33.4 Å². The highest BCUT2D eigenvalue weighted by Crippen LogP contribution is 2.28. The van der Waals surface area contributed by atoms with Gasteiger partial charge >= 0.3 is 0 Å². The Balaban J connectivity index is 2.66. The number of nitrogens with one attached hydrogen (secondary N) is 1. The second kappa shape index (κ2) is 9.37. The zero-order valence-corrected chi connectivity index (χ0v) is 14.7. The van der Waals surface area contributed by atoms with Crippen molar-refractivity contribution in [3.63, 3.8) is 0 Å². The van der Waals surface area contributed by atoms with Crippen LogP contribution in [-0.2, 0) is 11.3 Å². The zero-order valence-electron chi connectivity index (χ0n) is 13.1. The molecule has 20 heavy (non-hydrogen) atoms. The van der Waals surface area contributed by atoms with E-state index in [1.807, 2.05) is 0 Å². The molecule has 3 nitrogen and oxygen atoms in total. The summed E-state index contributed by atoms with van der Waals surface area (Å²) < 4.78 is 6.20. The van der Waals surface area contributed by atoms with Crippen LogP contribution in [0, 0.1) is 5.92 Å². The van der Waals surface area contributed by atoms with Gasteiger partial charge in [-0.25, -0.2) is 0 Å². The minimum absolute atomic E-state index is 0.664. The highest BCUT2D eigenvalue weighted by atomic mass is 79.9. The summed E-state index contributed by atoms with van der Waals surface area (Å²) in [5, 5.41) is 3.37. The fraction of sp³-hybridized carbons (Fsp3) is 0.625. The summed E-state index contributed by atoms with van der Waals surface area (Å²) in [6.45, 7) is 11.3. The van der Waals surface area contributed by atoms with Crippen molar-refractivity contribution >= 4 is 21.6 Å². The fourth-order valence-corrected chi connectivity index (χ4v) is 2.84. The molecule has 0 saturated carbocycles. The first-order valence-electron chi connectivity index (χ1n) is 7.31. The van der Waals surface area contributed by atoms with Gasteiger partial charge in [-0.2, -0.15) is 0 Å². The molecule has 0 bridgehead atoms. The van der Waals surface area contributed by atoms with Crippen molar-refractivity contribution in [3.8, 4) is 0 Å². The molecule has 0 unspecified atom stereocenters. The third-order valence-corrected chi connectivity index (χ3v) is 3.77. The van der Waals surface area contributed by atoms with E-state index >= 15 is 0 Å². The molecule has 1 N–H and O–H groups in total. The number of halogens is 1. The van der Waals surface area contributed by atoms with E-state index in [1.54, 1.807) is 7.11 Å². The Labute approximate surface area is 131 Å². The standard InChI is InChI=1S/C16H27BrN2O/c1-5-19(12-13(2)3)16-7-6-14(10-15(16)17)11-18-8-9-20-4/h6-7,10,13,18H,5,8-9,11-12H2,1-4H3. The summed E-state index contributed by atoms with van der Waals surface area (Å²) in [7, 11) is 1.72. The van der Waals surface area contributed by atoms with Crippen LogP contribution in [0.15, 0.2) is 22.7 Å². The Morgan fingerprint density at radius 2 is 2.10 bits per heavy atom. The topological polar surface area (TPSA) is 24.5 Å². The van der Waals surface area contributed by atoms with Crippen molar-refractivity contribution in [1.82, 2.24) is 5.32 Å². The van der Waals surface area contributed by atoms with Crippen LogP contribution < -0.4 is 10.2 Å². The molecule has 0 spiro atoms. The van der Waals surface area contributed by atoms with Gasteiger partial charge in [-0.3, -0.25) is 0 Å². The molecule has 0 aromatic heterocycles. The second-order valence-corrected chi connectivity index (χ2v) is 6.24. The Kier molecular flexibility index (Phi) is 8.19. The van der Waals surface area contributed by atoms with Gasteiger partial charge < -0.3 is 15.0 Å². The van der Waals surface area contributed by atoms with Crippen molar-refractivity contribution < 1.29 is 4.74 Å². The summed E-state index contributed by atoms with van der Waals surface area (Å²) in [6, 6.07) is 6.62. The van der Waals surface area contributed by atoms with Gasteiger partial charge in [0.05, 0.1) is 12.3 Å². The Morgan fingerprint density at radius 1 is 1.35 bits per heavy atom. The van der Waals surface area contributed by atoms with Crippen LogP contribution in [0.2, 0.25) is 0 Å². The highest BCUT2D eigenvalue weighted by molar-refractivity contribution is 9.10. The van der Waals surface area contributed by atoms with Crippen molar-refractivity contribution in [2.45, 2.75) is 27.3 Å². The first-order chi connectivity index (χ1) is 9.58. The molecule has 1 rings (SSSR count). The summed E-state index contributed by atoms with van der Waals surface area (Å²) >= 11 is 3.71. The number of hydrogen-bond acceptors (Lipinski definition) is 3. The van der Waals surface area contributed by atoms with E-state index in [0.717, 1.165) is 32.8 Å². The van der Waals surface area contributed by atoms with Crippen LogP contribution in [0.5, 0.6) is 0 Å². The molecule has 1 aromatic rings. The maximum atomic E-state index is 5.03. The van der Waals surface area contributed by atoms with Crippen molar-refractivity contribution in [2.75, 3.05) is 38.3 Å². The van der Waals surface area contributed by atoms with Gasteiger partial charge in [0.2, 0.25) is 0 Å². The number of rotatable bonds is 9. The van der Waals surface area contributed by atoms with Gasteiger partial charge in [0.15, 0.2) is 0 Å². The number of anilines is 1. The van der Waals surface area contributed by atoms with Gasteiger partial charge in [-0.15, -0.1) is 0 Å². The summed E-state index contributed by atoms with van der Waals surface area (Å²) in [6.07, 6.45) is 0. The molecule has 1 aromatic carbocycles. The molecule has 0 saturated heterocycles. The Bertz CT molecular complexity index is 396. The van der Waals surface area contributed by atoms with Crippen molar-refractivity contribution in [3.05, 3.63) is 28.2 Å². The zero-order chi connectivity index (χ0) is 15.0.